The van der Waals surface area contributed by atoms with Crippen molar-refractivity contribution in [3.05, 3.63) is 35.9 Å². The molecule has 16 heavy (non-hydrogen) atoms. The highest BCUT2D eigenvalue weighted by molar-refractivity contribution is 5.16. The molecule has 1 atom stereocenters. The number of hydrogen-bond donors (Lipinski definition) is 1. The third-order valence-corrected chi connectivity index (χ3v) is 2.61. The van der Waals surface area contributed by atoms with Gasteiger partial charge < -0.3 is 5.32 Å². The Bertz CT molecular complexity index is 331. The lowest BCUT2D eigenvalue weighted by Crippen LogP contribution is -2.30. The molecule has 1 rings (SSSR count). The summed E-state index contributed by atoms with van der Waals surface area (Å²) in [6.45, 7) is 5.08. The van der Waals surface area contributed by atoms with Crippen LogP contribution in [0.5, 0.6) is 0 Å². The Morgan fingerprint density at radius 1 is 1.25 bits per heavy atom. The normalized spacial score (nSPS) is 11.6. The van der Waals surface area contributed by atoms with Crippen LogP contribution in [-0.4, -0.2) is 12.6 Å². The zero-order valence-electron chi connectivity index (χ0n) is 10.3. The first kappa shape index (κ1) is 12.8. The molecule has 1 heteroatoms. The second kappa shape index (κ2) is 7.96. The van der Waals surface area contributed by atoms with Crippen LogP contribution in [0, 0.1) is 11.8 Å². The number of likely N-dealkylation sites (N-methyl/N-ethyl adjacent to an activating group) is 1. The fourth-order valence-corrected chi connectivity index (χ4v) is 1.83. The summed E-state index contributed by atoms with van der Waals surface area (Å²) in [4.78, 5) is 0. The molecular weight excluding hydrogens is 194 g/mol. The molecule has 0 saturated carbocycles. The van der Waals surface area contributed by atoms with Gasteiger partial charge in [0.15, 0.2) is 0 Å². The molecule has 1 nitrogen and oxygen atoms in total. The molecule has 0 fully saturated rings. The molecule has 86 valence electrons. The lowest BCUT2D eigenvalue weighted by Gasteiger charge is -2.16. The molecule has 0 bridgehead atoms. The van der Waals surface area contributed by atoms with Crippen molar-refractivity contribution < 1.29 is 0 Å². The van der Waals surface area contributed by atoms with E-state index in [4.69, 9.17) is 0 Å². The van der Waals surface area contributed by atoms with E-state index in [2.05, 4.69) is 54.4 Å². The van der Waals surface area contributed by atoms with Gasteiger partial charge in [0.1, 0.15) is 0 Å². The average molecular weight is 215 g/mol. The van der Waals surface area contributed by atoms with Gasteiger partial charge in [0.2, 0.25) is 0 Å². The van der Waals surface area contributed by atoms with Gasteiger partial charge in [-0.2, -0.15) is 0 Å². The first-order valence-electron chi connectivity index (χ1n) is 6.03. The molecule has 0 aliphatic carbocycles. The lowest BCUT2D eigenvalue weighted by molar-refractivity contribution is 0.497. The van der Waals surface area contributed by atoms with E-state index in [-0.39, 0.29) is 0 Å². The van der Waals surface area contributed by atoms with Crippen molar-refractivity contribution >= 4 is 0 Å². The van der Waals surface area contributed by atoms with Crippen molar-refractivity contribution in [3.8, 4) is 11.8 Å². The molecule has 1 aromatic carbocycles. The van der Waals surface area contributed by atoms with Gasteiger partial charge >= 0.3 is 0 Å². The minimum atomic E-state index is 0.549. The first-order valence-corrected chi connectivity index (χ1v) is 6.03. The monoisotopic (exact) mass is 215 g/mol. The van der Waals surface area contributed by atoms with Gasteiger partial charge in [-0.15, -0.1) is 11.8 Å². The summed E-state index contributed by atoms with van der Waals surface area (Å²) in [5.41, 5.74) is 1.40. The van der Waals surface area contributed by atoms with Crippen molar-refractivity contribution in [3.63, 3.8) is 0 Å². The van der Waals surface area contributed by atoms with Crippen LogP contribution in [0.15, 0.2) is 30.3 Å². The van der Waals surface area contributed by atoms with Crippen LogP contribution in [0.1, 0.15) is 32.3 Å². The maximum Gasteiger partial charge on any atom is 0.0116 e. The van der Waals surface area contributed by atoms with E-state index >= 15 is 0 Å². The topological polar surface area (TPSA) is 12.0 Å². The van der Waals surface area contributed by atoms with Crippen LogP contribution in [0.25, 0.3) is 0 Å². The van der Waals surface area contributed by atoms with Crippen molar-refractivity contribution in [1.29, 1.82) is 0 Å². The molecular formula is C15H21N. The smallest absolute Gasteiger partial charge is 0.0116 e. The molecule has 0 saturated heterocycles. The molecule has 0 aliphatic heterocycles. The molecule has 0 amide bonds. The van der Waals surface area contributed by atoms with E-state index in [1.807, 2.05) is 6.92 Å². The van der Waals surface area contributed by atoms with E-state index in [9.17, 15) is 0 Å². The van der Waals surface area contributed by atoms with Crippen LogP contribution in [0.4, 0.5) is 0 Å². The molecule has 0 aromatic heterocycles. The zero-order valence-corrected chi connectivity index (χ0v) is 10.3. The van der Waals surface area contributed by atoms with Crippen molar-refractivity contribution in [2.75, 3.05) is 6.54 Å². The van der Waals surface area contributed by atoms with Crippen LogP contribution in [0.3, 0.4) is 0 Å². The third-order valence-electron chi connectivity index (χ3n) is 2.61. The maximum atomic E-state index is 3.52. The lowest BCUT2D eigenvalue weighted by atomic mass is 10.0. The average Bonchev–Trinajstić information content (AvgIpc) is 2.31. The van der Waals surface area contributed by atoms with Gasteiger partial charge in [-0.3, -0.25) is 0 Å². The maximum absolute atomic E-state index is 3.52. The quantitative estimate of drug-likeness (QED) is 0.719. The Morgan fingerprint density at radius 3 is 2.62 bits per heavy atom. The number of rotatable bonds is 6. The minimum Gasteiger partial charge on any atom is -0.314 e. The van der Waals surface area contributed by atoms with Gasteiger partial charge in [-0.25, -0.2) is 0 Å². The SMILES string of the molecule is CC#CCCC(Cc1ccccc1)NCC. The summed E-state index contributed by atoms with van der Waals surface area (Å²) in [7, 11) is 0. The van der Waals surface area contributed by atoms with Crippen LogP contribution in [-0.2, 0) is 6.42 Å². The Morgan fingerprint density at radius 2 is 2.00 bits per heavy atom. The molecule has 0 radical (unpaired) electrons. The second-order valence-corrected chi connectivity index (χ2v) is 3.91. The van der Waals surface area contributed by atoms with E-state index in [1.54, 1.807) is 0 Å². The highest BCUT2D eigenvalue weighted by Gasteiger charge is 2.06. The summed E-state index contributed by atoms with van der Waals surface area (Å²) < 4.78 is 0. The summed E-state index contributed by atoms with van der Waals surface area (Å²) in [6.07, 6.45) is 3.21. The number of benzene rings is 1. The predicted octanol–water partition coefficient (Wildman–Crippen LogP) is 3.01. The number of hydrogen-bond acceptors (Lipinski definition) is 1. The van der Waals surface area contributed by atoms with Gasteiger partial charge in [-0.05, 0) is 31.9 Å². The van der Waals surface area contributed by atoms with Crippen molar-refractivity contribution in [2.24, 2.45) is 0 Å². The highest BCUT2D eigenvalue weighted by Crippen LogP contribution is 2.07. The first-order chi connectivity index (χ1) is 7.86. The van der Waals surface area contributed by atoms with Crippen LogP contribution >= 0.6 is 0 Å². The number of nitrogens with one attached hydrogen (secondary N) is 1. The van der Waals surface area contributed by atoms with Gasteiger partial charge in [-0.1, -0.05) is 37.3 Å². The summed E-state index contributed by atoms with van der Waals surface area (Å²) >= 11 is 0. The summed E-state index contributed by atoms with van der Waals surface area (Å²) in [6, 6.07) is 11.2. The van der Waals surface area contributed by atoms with Crippen LogP contribution < -0.4 is 5.32 Å². The molecule has 1 N–H and O–H groups in total. The molecule has 0 spiro atoms. The minimum absolute atomic E-state index is 0.549. The summed E-state index contributed by atoms with van der Waals surface area (Å²) in [5, 5.41) is 3.52. The second-order valence-electron chi connectivity index (χ2n) is 3.91. The van der Waals surface area contributed by atoms with E-state index in [0.717, 1.165) is 25.8 Å². The Balaban J connectivity index is 2.46. The molecule has 0 aliphatic rings. The fourth-order valence-electron chi connectivity index (χ4n) is 1.83. The zero-order chi connectivity index (χ0) is 11.6. The van der Waals surface area contributed by atoms with Gasteiger partial charge in [0.25, 0.3) is 0 Å². The largest absolute Gasteiger partial charge is 0.314 e. The Labute approximate surface area is 99.3 Å². The van der Waals surface area contributed by atoms with E-state index in [0.29, 0.717) is 6.04 Å². The highest BCUT2D eigenvalue weighted by atomic mass is 14.9. The van der Waals surface area contributed by atoms with Gasteiger partial charge in [0, 0.05) is 12.5 Å². The Kier molecular flexibility index (Phi) is 6.37. The molecule has 0 heterocycles. The Hall–Kier alpha value is -1.26. The summed E-state index contributed by atoms with van der Waals surface area (Å²) in [5.74, 6) is 6.08. The van der Waals surface area contributed by atoms with Crippen molar-refractivity contribution in [1.82, 2.24) is 5.32 Å². The fraction of sp³-hybridized carbons (Fsp3) is 0.467. The van der Waals surface area contributed by atoms with Crippen LogP contribution in [0.2, 0.25) is 0 Å². The van der Waals surface area contributed by atoms with E-state index in [1.165, 1.54) is 5.56 Å². The predicted molar refractivity (Wildman–Crippen MR) is 70.3 cm³/mol. The molecule has 1 unspecified atom stereocenters. The third kappa shape index (κ3) is 5.00. The van der Waals surface area contributed by atoms with Gasteiger partial charge in [0.05, 0.1) is 0 Å². The standard InChI is InChI=1S/C15H21N/c1-3-5-7-12-15(16-4-2)13-14-10-8-6-9-11-14/h6,8-11,15-16H,4,7,12-13H2,1-2H3. The molecule has 1 aromatic rings. The van der Waals surface area contributed by atoms with Crippen molar-refractivity contribution in [2.45, 2.75) is 39.2 Å². The van der Waals surface area contributed by atoms with E-state index < -0.39 is 0 Å².